The fourth-order valence-electron chi connectivity index (χ4n) is 2.00. The summed E-state index contributed by atoms with van der Waals surface area (Å²) in [5, 5.41) is 18.8. The summed E-state index contributed by atoms with van der Waals surface area (Å²) in [5.74, 6) is 1.32. The number of thioether (sulfide) groups is 1. The van der Waals surface area contributed by atoms with Gasteiger partial charge in [0.25, 0.3) is 5.78 Å². The normalized spacial score (nSPS) is 11.5. The first-order valence-electron chi connectivity index (χ1n) is 7.63. The van der Waals surface area contributed by atoms with Crippen molar-refractivity contribution < 1.29 is 0 Å². The Balaban J connectivity index is 1.89. The molecule has 3 rings (SSSR count). The Morgan fingerprint density at radius 2 is 2.16 bits per heavy atom. The van der Waals surface area contributed by atoms with Gasteiger partial charge in [-0.05, 0) is 49.3 Å². The van der Waals surface area contributed by atoms with Crippen LogP contribution >= 0.6 is 23.5 Å². The Kier molecular flexibility index (Phi) is 5.66. The maximum Gasteiger partial charge on any atom is 0.254 e. The summed E-state index contributed by atoms with van der Waals surface area (Å²) in [4.78, 5) is 11.0. The van der Waals surface area contributed by atoms with Gasteiger partial charge in [-0.25, -0.2) is 9.67 Å². The summed E-state index contributed by atoms with van der Waals surface area (Å²) in [6.07, 6.45) is 1.82. The van der Waals surface area contributed by atoms with E-state index in [9.17, 15) is 0 Å². The lowest BCUT2D eigenvalue weighted by Gasteiger charge is -2.10. The molecular formula is C14H19N9S2. The molecule has 0 aliphatic heterocycles. The molecule has 3 aromatic rings. The van der Waals surface area contributed by atoms with E-state index >= 15 is 0 Å². The van der Waals surface area contributed by atoms with Crippen molar-refractivity contribution in [3.63, 3.8) is 0 Å². The number of nitrogens with zero attached hydrogens (tertiary/aromatic N) is 9. The van der Waals surface area contributed by atoms with E-state index in [-0.39, 0.29) is 0 Å². The lowest BCUT2D eigenvalue weighted by Crippen LogP contribution is -2.19. The zero-order valence-corrected chi connectivity index (χ0v) is 16.0. The molecule has 0 fully saturated rings. The summed E-state index contributed by atoms with van der Waals surface area (Å²) in [5.41, 5.74) is 0.870. The van der Waals surface area contributed by atoms with E-state index in [0.29, 0.717) is 22.6 Å². The van der Waals surface area contributed by atoms with Crippen LogP contribution in [0.2, 0.25) is 0 Å². The Morgan fingerprint density at radius 3 is 2.92 bits per heavy atom. The van der Waals surface area contributed by atoms with E-state index in [0.717, 1.165) is 23.0 Å². The van der Waals surface area contributed by atoms with Gasteiger partial charge in [0.1, 0.15) is 5.03 Å². The average molecular weight is 378 g/mol. The minimum absolute atomic E-state index is 0.571. The summed E-state index contributed by atoms with van der Waals surface area (Å²) in [6, 6.07) is 1.96. The zero-order chi connectivity index (χ0) is 17.8. The topological polar surface area (TPSA) is 89.9 Å². The van der Waals surface area contributed by atoms with Gasteiger partial charge in [-0.1, -0.05) is 17.8 Å². The van der Waals surface area contributed by atoms with Crippen LogP contribution in [0.4, 0.5) is 0 Å². The predicted molar refractivity (Wildman–Crippen MR) is 96.9 cm³/mol. The SMILES string of the molecule is C=CCSc1nc2nc(C)cc(Sc3nnnn3CCN(C)C)n2n1. The van der Waals surface area contributed by atoms with Gasteiger partial charge in [-0.15, -0.1) is 16.8 Å². The van der Waals surface area contributed by atoms with E-state index in [1.807, 2.05) is 33.2 Å². The van der Waals surface area contributed by atoms with E-state index in [4.69, 9.17) is 0 Å². The fourth-order valence-corrected chi connectivity index (χ4v) is 3.49. The third-order valence-corrected chi connectivity index (χ3v) is 4.98. The van der Waals surface area contributed by atoms with E-state index in [1.54, 1.807) is 9.20 Å². The molecule has 0 saturated carbocycles. The van der Waals surface area contributed by atoms with Crippen molar-refractivity contribution >= 4 is 29.3 Å². The van der Waals surface area contributed by atoms with Crippen LogP contribution in [0.5, 0.6) is 0 Å². The average Bonchev–Trinajstić information content (AvgIpc) is 3.17. The zero-order valence-electron chi connectivity index (χ0n) is 14.3. The molecule has 9 nitrogen and oxygen atoms in total. The minimum Gasteiger partial charge on any atom is -0.308 e. The maximum absolute atomic E-state index is 4.53. The molecule has 0 saturated heterocycles. The smallest absolute Gasteiger partial charge is 0.254 e. The van der Waals surface area contributed by atoms with Crippen LogP contribution < -0.4 is 0 Å². The van der Waals surface area contributed by atoms with Gasteiger partial charge in [0.05, 0.1) is 6.54 Å². The van der Waals surface area contributed by atoms with Gasteiger partial charge in [0.15, 0.2) is 0 Å². The number of fused-ring (bicyclic) bond motifs is 1. The first-order chi connectivity index (χ1) is 12.1. The number of rotatable bonds is 8. The first kappa shape index (κ1) is 17.8. The van der Waals surface area contributed by atoms with Gasteiger partial charge in [-0.2, -0.15) is 9.50 Å². The molecule has 0 atom stereocenters. The Labute approximate surface area is 153 Å². The Hall–Kier alpha value is -1.98. The van der Waals surface area contributed by atoms with Crippen molar-refractivity contribution in [3.8, 4) is 0 Å². The molecule has 0 aliphatic carbocycles. The number of hydrogen-bond acceptors (Lipinski definition) is 9. The van der Waals surface area contributed by atoms with Crippen molar-refractivity contribution in [2.24, 2.45) is 0 Å². The van der Waals surface area contributed by atoms with Crippen LogP contribution in [0, 0.1) is 6.92 Å². The largest absolute Gasteiger partial charge is 0.308 e. The van der Waals surface area contributed by atoms with Crippen molar-refractivity contribution in [1.82, 2.24) is 44.7 Å². The highest BCUT2D eigenvalue weighted by Crippen LogP contribution is 2.27. The molecule has 0 radical (unpaired) electrons. The number of aromatic nitrogens is 8. The van der Waals surface area contributed by atoms with E-state index in [2.05, 4.69) is 42.1 Å². The summed E-state index contributed by atoms with van der Waals surface area (Å²) >= 11 is 2.97. The molecule has 0 unspecified atom stereocenters. The van der Waals surface area contributed by atoms with Crippen LogP contribution in [0.3, 0.4) is 0 Å². The number of tetrazole rings is 1. The van der Waals surface area contributed by atoms with Gasteiger partial charge >= 0.3 is 0 Å². The molecule has 0 aromatic carbocycles. The molecule has 3 heterocycles. The van der Waals surface area contributed by atoms with Crippen molar-refractivity contribution in [2.75, 3.05) is 26.4 Å². The monoisotopic (exact) mass is 377 g/mol. The minimum atomic E-state index is 0.571. The third-order valence-electron chi connectivity index (χ3n) is 3.17. The van der Waals surface area contributed by atoms with Crippen molar-refractivity contribution in [1.29, 1.82) is 0 Å². The highest BCUT2D eigenvalue weighted by molar-refractivity contribution is 7.99. The lowest BCUT2D eigenvalue weighted by atomic mass is 10.5. The highest BCUT2D eigenvalue weighted by atomic mass is 32.2. The molecule has 3 aromatic heterocycles. The molecule has 0 bridgehead atoms. The quantitative estimate of drug-likeness (QED) is 0.328. The third kappa shape index (κ3) is 4.35. The summed E-state index contributed by atoms with van der Waals surface area (Å²) in [6.45, 7) is 7.23. The second-order valence-electron chi connectivity index (χ2n) is 5.53. The van der Waals surface area contributed by atoms with Crippen molar-refractivity contribution in [3.05, 3.63) is 24.4 Å². The molecule has 132 valence electrons. The second-order valence-corrected chi connectivity index (χ2v) is 7.51. The fraction of sp³-hybridized carbons (Fsp3) is 0.429. The first-order valence-corrected chi connectivity index (χ1v) is 9.44. The van der Waals surface area contributed by atoms with E-state index < -0.39 is 0 Å². The van der Waals surface area contributed by atoms with Gasteiger partial charge in [0.2, 0.25) is 10.3 Å². The van der Waals surface area contributed by atoms with Crippen molar-refractivity contribution in [2.45, 2.75) is 28.8 Å². The molecule has 11 heteroatoms. The Bertz CT molecular complexity index is 870. The molecular weight excluding hydrogens is 358 g/mol. The summed E-state index contributed by atoms with van der Waals surface area (Å²) < 4.78 is 3.52. The number of aryl methyl sites for hydroxylation is 1. The highest BCUT2D eigenvalue weighted by Gasteiger charge is 2.15. The number of likely N-dealkylation sites (N-methyl/N-ethyl adjacent to an activating group) is 1. The molecule has 0 spiro atoms. The van der Waals surface area contributed by atoms with Crippen LogP contribution in [-0.2, 0) is 6.54 Å². The van der Waals surface area contributed by atoms with Crippen LogP contribution in [0.1, 0.15) is 5.69 Å². The second kappa shape index (κ2) is 7.93. The van der Waals surface area contributed by atoms with Crippen LogP contribution in [0.15, 0.2) is 34.1 Å². The standard InChI is InChI=1S/C14H19N9S2/c1-5-8-24-13-16-12-15-10(2)9-11(23(12)18-13)25-14-17-19-20-22(14)7-6-21(3)4/h5,9H,1,6-8H2,2-4H3. The van der Waals surface area contributed by atoms with Gasteiger partial charge in [0, 0.05) is 18.0 Å². The van der Waals surface area contributed by atoms with Crippen LogP contribution in [0.25, 0.3) is 5.78 Å². The molecule has 0 amide bonds. The maximum atomic E-state index is 4.53. The summed E-state index contributed by atoms with van der Waals surface area (Å²) in [7, 11) is 4.04. The molecule has 25 heavy (non-hydrogen) atoms. The molecule has 0 aliphatic rings. The molecule has 0 N–H and O–H groups in total. The van der Waals surface area contributed by atoms with E-state index in [1.165, 1.54) is 23.5 Å². The Morgan fingerprint density at radius 1 is 1.32 bits per heavy atom. The lowest BCUT2D eigenvalue weighted by molar-refractivity contribution is 0.361. The number of hydrogen-bond donors (Lipinski definition) is 0. The van der Waals surface area contributed by atoms with Gasteiger partial charge in [-0.3, -0.25) is 0 Å². The predicted octanol–water partition coefficient (Wildman–Crippen LogP) is 1.41. The van der Waals surface area contributed by atoms with Gasteiger partial charge < -0.3 is 4.90 Å². The van der Waals surface area contributed by atoms with Crippen LogP contribution in [-0.4, -0.2) is 71.1 Å².